The average molecular weight is 266 g/mol. The minimum Gasteiger partial charge on any atom is -0.456 e. The molecule has 0 spiro atoms. The third-order valence-corrected chi connectivity index (χ3v) is 2.96. The zero-order valence-corrected chi connectivity index (χ0v) is 11.0. The number of para-hydroxylation sites is 1. The molecule has 0 aliphatic carbocycles. The summed E-state index contributed by atoms with van der Waals surface area (Å²) in [7, 11) is 0. The van der Waals surface area contributed by atoms with Gasteiger partial charge in [-0.2, -0.15) is 0 Å². The summed E-state index contributed by atoms with van der Waals surface area (Å²) in [6.07, 6.45) is 1.66. The van der Waals surface area contributed by atoms with E-state index < -0.39 is 0 Å². The normalized spacial score (nSPS) is 13.0. The molecule has 1 aromatic carbocycles. The fraction of sp³-hybridized carbons (Fsp3) is 0.429. The van der Waals surface area contributed by atoms with Crippen molar-refractivity contribution in [2.24, 2.45) is 5.84 Å². The third-order valence-electron chi connectivity index (χ3n) is 2.96. The van der Waals surface area contributed by atoms with Crippen molar-refractivity contribution in [3.8, 4) is 0 Å². The average Bonchev–Trinajstić information content (AvgIpc) is 2.84. The topological polar surface area (TPSA) is 60.4 Å². The fourth-order valence-corrected chi connectivity index (χ4v) is 1.97. The molecule has 0 aliphatic heterocycles. The van der Waals surface area contributed by atoms with Crippen molar-refractivity contribution in [3.63, 3.8) is 0 Å². The van der Waals surface area contributed by atoms with Gasteiger partial charge in [0.2, 0.25) is 0 Å². The maximum atomic E-state index is 13.5. The lowest BCUT2D eigenvalue weighted by Crippen LogP contribution is -2.28. The van der Waals surface area contributed by atoms with Gasteiger partial charge in [0, 0.05) is 18.6 Å². The van der Waals surface area contributed by atoms with Crippen molar-refractivity contribution >= 4 is 11.0 Å². The third kappa shape index (κ3) is 3.32. The van der Waals surface area contributed by atoms with Gasteiger partial charge in [-0.3, -0.25) is 5.84 Å². The first-order valence-corrected chi connectivity index (χ1v) is 6.48. The molecular weight excluding hydrogens is 247 g/mol. The molecule has 0 amide bonds. The predicted molar refractivity (Wildman–Crippen MR) is 72.0 cm³/mol. The Balaban J connectivity index is 2.10. The van der Waals surface area contributed by atoms with Gasteiger partial charge in [-0.1, -0.05) is 19.1 Å². The number of nitrogens with two attached hydrogens (primary N) is 1. The van der Waals surface area contributed by atoms with Gasteiger partial charge in [-0.05, 0) is 25.0 Å². The van der Waals surface area contributed by atoms with Crippen LogP contribution in [0.1, 0.15) is 31.6 Å². The van der Waals surface area contributed by atoms with Crippen LogP contribution >= 0.6 is 0 Å². The predicted octanol–water partition coefficient (Wildman–Crippen LogP) is 2.89. The van der Waals surface area contributed by atoms with Crippen molar-refractivity contribution in [2.75, 3.05) is 13.2 Å². The molecule has 0 saturated heterocycles. The Hall–Kier alpha value is -1.43. The number of halogens is 1. The maximum Gasteiger partial charge on any atom is 0.169 e. The van der Waals surface area contributed by atoms with Gasteiger partial charge in [0.15, 0.2) is 11.4 Å². The Bertz CT molecular complexity index is 527. The lowest BCUT2D eigenvalue weighted by Gasteiger charge is -2.12. The molecule has 2 rings (SSSR count). The van der Waals surface area contributed by atoms with Crippen LogP contribution in [0, 0.1) is 5.82 Å². The summed E-state index contributed by atoms with van der Waals surface area (Å²) in [5.74, 6) is 5.79. The Kier molecular flexibility index (Phi) is 4.90. The number of hydrogen-bond acceptors (Lipinski definition) is 4. The van der Waals surface area contributed by atoms with Gasteiger partial charge >= 0.3 is 0 Å². The zero-order chi connectivity index (χ0) is 13.7. The molecule has 4 nitrogen and oxygen atoms in total. The molecule has 0 aliphatic rings. The standard InChI is InChI=1S/C14H19FN2O2/c1-2-7-18-8-6-12(17-16)13-9-10-4-3-5-11(15)14(10)19-13/h3-5,9,12,17H,2,6-8,16H2,1H3. The lowest BCUT2D eigenvalue weighted by atomic mass is 10.1. The molecule has 104 valence electrons. The molecule has 0 saturated carbocycles. The Morgan fingerprint density at radius 3 is 2.95 bits per heavy atom. The zero-order valence-electron chi connectivity index (χ0n) is 11.0. The van der Waals surface area contributed by atoms with E-state index in [1.807, 2.05) is 12.1 Å². The Morgan fingerprint density at radius 2 is 2.26 bits per heavy atom. The molecule has 5 heteroatoms. The Labute approximate surface area is 111 Å². The van der Waals surface area contributed by atoms with E-state index >= 15 is 0 Å². The van der Waals surface area contributed by atoms with Crippen LogP contribution in [-0.2, 0) is 4.74 Å². The van der Waals surface area contributed by atoms with E-state index in [1.54, 1.807) is 6.07 Å². The first kappa shape index (κ1) is 14.0. The molecule has 3 N–H and O–H groups in total. The highest BCUT2D eigenvalue weighted by Gasteiger charge is 2.16. The Morgan fingerprint density at radius 1 is 1.42 bits per heavy atom. The van der Waals surface area contributed by atoms with Crippen LogP contribution in [0.4, 0.5) is 4.39 Å². The van der Waals surface area contributed by atoms with Crippen LogP contribution in [0.15, 0.2) is 28.7 Å². The molecule has 1 aromatic heterocycles. The van der Waals surface area contributed by atoms with Crippen molar-refractivity contribution in [1.29, 1.82) is 0 Å². The van der Waals surface area contributed by atoms with Crippen LogP contribution in [0.2, 0.25) is 0 Å². The summed E-state index contributed by atoms with van der Waals surface area (Å²) in [5, 5.41) is 0.740. The first-order chi connectivity index (χ1) is 9.26. The van der Waals surface area contributed by atoms with Crippen LogP contribution in [0.5, 0.6) is 0 Å². The van der Waals surface area contributed by atoms with Gasteiger partial charge in [0.25, 0.3) is 0 Å². The number of ether oxygens (including phenoxy) is 1. The maximum absolute atomic E-state index is 13.5. The minimum atomic E-state index is -0.359. The van der Waals surface area contributed by atoms with E-state index in [1.165, 1.54) is 6.07 Å². The van der Waals surface area contributed by atoms with E-state index in [4.69, 9.17) is 15.0 Å². The second-order valence-corrected chi connectivity index (χ2v) is 4.43. The number of furan rings is 1. The van der Waals surface area contributed by atoms with Crippen molar-refractivity contribution < 1.29 is 13.5 Å². The van der Waals surface area contributed by atoms with Gasteiger partial charge < -0.3 is 9.15 Å². The second-order valence-electron chi connectivity index (χ2n) is 4.43. The highest BCUT2D eigenvalue weighted by Crippen LogP contribution is 2.27. The molecular formula is C14H19FN2O2. The fourth-order valence-electron chi connectivity index (χ4n) is 1.97. The number of benzene rings is 1. The highest BCUT2D eigenvalue weighted by molar-refractivity contribution is 5.78. The van der Waals surface area contributed by atoms with E-state index in [2.05, 4.69) is 12.3 Å². The second kappa shape index (κ2) is 6.65. The highest BCUT2D eigenvalue weighted by atomic mass is 19.1. The van der Waals surface area contributed by atoms with Crippen LogP contribution in [-0.4, -0.2) is 13.2 Å². The largest absolute Gasteiger partial charge is 0.456 e. The van der Waals surface area contributed by atoms with Crippen molar-refractivity contribution in [2.45, 2.75) is 25.8 Å². The molecule has 1 heterocycles. The van der Waals surface area contributed by atoms with Crippen LogP contribution < -0.4 is 11.3 Å². The molecule has 2 aromatic rings. The number of hydrazine groups is 1. The SMILES string of the molecule is CCCOCCC(NN)c1cc2cccc(F)c2o1. The van der Waals surface area contributed by atoms with E-state index in [0.717, 1.165) is 18.4 Å². The molecule has 0 fully saturated rings. The van der Waals surface area contributed by atoms with Gasteiger partial charge in [0.05, 0.1) is 6.04 Å². The molecule has 1 unspecified atom stereocenters. The molecule has 0 radical (unpaired) electrons. The number of rotatable bonds is 7. The van der Waals surface area contributed by atoms with E-state index in [-0.39, 0.29) is 17.4 Å². The number of fused-ring (bicyclic) bond motifs is 1. The summed E-state index contributed by atoms with van der Waals surface area (Å²) >= 11 is 0. The van der Waals surface area contributed by atoms with Gasteiger partial charge in [-0.25, -0.2) is 9.82 Å². The summed E-state index contributed by atoms with van der Waals surface area (Å²) in [5.41, 5.74) is 2.95. The van der Waals surface area contributed by atoms with Crippen molar-refractivity contribution in [1.82, 2.24) is 5.43 Å². The first-order valence-electron chi connectivity index (χ1n) is 6.48. The molecule has 0 bridgehead atoms. The summed E-state index contributed by atoms with van der Waals surface area (Å²) in [6, 6.07) is 6.48. The summed E-state index contributed by atoms with van der Waals surface area (Å²) in [6.45, 7) is 3.37. The van der Waals surface area contributed by atoms with Gasteiger partial charge in [0.1, 0.15) is 5.76 Å². The monoisotopic (exact) mass is 266 g/mol. The van der Waals surface area contributed by atoms with E-state index in [9.17, 15) is 4.39 Å². The molecule has 19 heavy (non-hydrogen) atoms. The quantitative estimate of drug-likeness (QED) is 0.459. The minimum absolute atomic E-state index is 0.177. The van der Waals surface area contributed by atoms with E-state index in [0.29, 0.717) is 18.8 Å². The van der Waals surface area contributed by atoms with Crippen LogP contribution in [0.3, 0.4) is 0 Å². The lowest BCUT2D eigenvalue weighted by molar-refractivity contribution is 0.122. The van der Waals surface area contributed by atoms with Crippen LogP contribution in [0.25, 0.3) is 11.0 Å². The smallest absolute Gasteiger partial charge is 0.169 e. The van der Waals surface area contributed by atoms with Crippen molar-refractivity contribution in [3.05, 3.63) is 35.8 Å². The van der Waals surface area contributed by atoms with Gasteiger partial charge in [-0.15, -0.1) is 0 Å². The number of nitrogens with one attached hydrogen (secondary N) is 1. The summed E-state index contributed by atoms with van der Waals surface area (Å²) < 4.78 is 24.5. The summed E-state index contributed by atoms with van der Waals surface area (Å²) in [4.78, 5) is 0. The molecule has 1 atom stereocenters. The number of hydrogen-bond donors (Lipinski definition) is 2.